The fourth-order valence-electron chi connectivity index (χ4n) is 7.17. The van der Waals surface area contributed by atoms with Crippen LogP contribution in [0.15, 0.2) is 194 Å². The van der Waals surface area contributed by atoms with Crippen molar-refractivity contribution in [3.8, 4) is 27.9 Å². The van der Waals surface area contributed by atoms with Gasteiger partial charge in [-0.15, -0.1) is 0 Å². The molecule has 9 aromatic rings. The first-order valence-electron chi connectivity index (χ1n) is 16.4. The molecule has 48 heavy (non-hydrogen) atoms. The van der Waals surface area contributed by atoms with Crippen LogP contribution >= 0.6 is 0 Å². The second kappa shape index (κ2) is 11.8. The zero-order valence-corrected chi connectivity index (χ0v) is 26.4. The van der Waals surface area contributed by atoms with E-state index in [4.69, 9.17) is 0 Å². The summed E-state index contributed by atoms with van der Waals surface area (Å²) in [5, 5.41) is 4.92. The molecule has 0 spiro atoms. The monoisotopic (exact) mass is 612 g/mol. The molecule has 0 N–H and O–H groups in total. The van der Waals surface area contributed by atoms with Crippen molar-refractivity contribution in [3.05, 3.63) is 194 Å². The number of anilines is 3. The average Bonchev–Trinajstić information content (AvgIpc) is 3.50. The third-order valence-corrected chi connectivity index (χ3v) is 9.36. The van der Waals surface area contributed by atoms with Crippen LogP contribution in [-0.4, -0.2) is 4.57 Å². The zero-order chi connectivity index (χ0) is 31.9. The van der Waals surface area contributed by atoms with Gasteiger partial charge in [0.15, 0.2) is 0 Å². The van der Waals surface area contributed by atoms with Crippen LogP contribution in [0.5, 0.6) is 0 Å². The van der Waals surface area contributed by atoms with Gasteiger partial charge in [0.2, 0.25) is 0 Å². The van der Waals surface area contributed by atoms with Crippen molar-refractivity contribution in [1.82, 2.24) is 4.57 Å². The molecule has 1 heterocycles. The minimum absolute atomic E-state index is 1.12. The summed E-state index contributed by atoms with van der Waals surface area (Å²) < 4.78 is 2.40. The van der Waals surface area contributed by atoms with E-state index in [-0.39, 0.29) is 0 Å². The first kappa shape index (κ1) is 27.9. The third-order valence-electron chi connectivity index (χ3n) is 9.36. The molecule has 0 unspecified atom stereocenters. The summed E-state index contributed by atoms with van der Waals surface area (Å²) in [5.74, 6) is 0. The van der Waals surface area contributed by atoms with Gasteiger partial charge in [0.1, 0.15) is 0 Å². The van der Waals surface area contributed by atoms with Crippen molar-refractivity contribution in [2.45, 2.75) is 0 Å². The second-order valence-electron chi connectivity index (χ2n) is 12.2. The summed E-state index contributed by atoms with van der Waals surface area (Å²) in [4.78, 5) is 2.40. The van der Waals surface area contributed by atoms with Gasteiger partial charge in [-0.25, -0.2) is 0 Å². The van der Waals surface area contributed by atoms with Gasteiger partial charge in [-0.3, -0.25) is 0 Å². The Morgan fingerprint density at radius 3 is 1.85 bits per heavy atom. The molecule has 0 aliphatic heterocycles. The van der Waals surface area contributed by atoms with Crippen molar-refractivity contribution in [1.29, 1.82) is 0 Å². The maximum absolute atomic E-state index is 2.40. The minimum Gasteiger partial charge on any atom is -0.309 e. The summed E-state index contributed by atoms with van der Waals surface area (Å²) in [7, 11) is 0. The standard InChI is InChI=1S/C46H32N2/c1-3-15-33(16-4-1)35-19-13-22-38(31-35)48-45-27-12-10-25-41(45)42-32-36(29-30-46(42)48)40-24-9-11-26-43(40)47(37-20-5-2-6-21-37)44-28-14-18-34-17-7-8-23-39(34)44/h1-32H. The number of hydrogen-bond acceptors (Lipinski definition) is 1. The molecule has 0 aliphatic carbocycles. The lowest BCUT2D eigenvalue weighted by atomic mass is 9.99. The molecular weight excluding hydrogens is 581 g/mol. The lowest BCUT2D eigenvalue weighted by Crippen LogP contribution is -2.11. The van der Waals surface area contributed by atoms with Gasteiger partial charge in [-0.1, -0.05) is 140 Å². The summed E-state index contributed by atoms with van der Waals surface area (Å²) in [6, 6.07) is 69.9. The summed E-state index contributed by atoms with van der Waals surface area (Å²) >= 11 is 0. The smallest absolute Gasteiger partial charge is 0.0541 e. The number of para-hydroxylation sites is 3. The largest absolute Gasteiger partial charge is 0.309 e. The number of hydrogen-bond donors (Lipinski definition) is 0. The lowest BCUT2D eigenvalue weighted by molar-refractivity contribution is 1.18. The first-order chi connectivity index (χ1) is 23.8. The number of aromatic nitrogens is 1. The van der Waals surface area contributed by atoms with E-state index in [1.807, 2.05) is 0 Å². The maximum atomic E-state index is 2.40. The van der Waals surface area contributed by atoms with Crippen LogP contribution in [-0.2, 0) is 0 Å². The highest BCUT2D eigenvalue weighted by Crippen LogP contribution is 2.44. The van der Waals surface area contributed by atoms with Gasteiger partial charge in [0, 0.05) is 33.1 Å². The van der Waals surface area contributed by atoms with E-state index < -0.39 is 0 Å². The van der Waals surface area contributed by atoms with Crippen molar-refractivity contribution in [2.24, 2.45) is 0 Å². The van der Waals surface area contributed by atoms with E-state index in [9.17, 15) is 0 Å². The van der Waals surface area contributed by atoms with E-state index in [1.165, 1.54) is 54.8 Å². The van der Waals surface area contributed by atoms with E-state index in [1.54, 1.807) is 0 Å². The van der Waals surface area contributed by atoms with Crippen LogP contribution in [0.25, 0.3) is 60.5 Å². The number of fused-ring (bicyclic) bond motifs is 4. The molecule has 0 bridgehead atoms. The maximum Gasteiger partial charge on any atom is 0.0541 e. The SMILES string of the molecule is c1ccc(-c2cccc(-n3c4ccccc4c4cc(-c5ccccc5N(c5ccccc5)c5cccc6ccccc56)ccc43)c2)cc1. The molecule has 0 radical (unpaired) electrons. The van der Waals surface area contributed by atoms with Crippen LogP contribution in [0.3, 0.4) is 0 Å². The van der Waals surface area contributed by atoms with Crippen LogP contribution in [0.2, 0.25) is 0 Å². The highest BCUT2D eigenvalue weighted by Gasteiger charge is 2.20. The molecule has 2 heteroatoms. The van der Waals surface area contributed by atoms with Crippen LogP contribution in [0, 0.1) is 0 Å². The van der Waals surface area contributed by atoms with Gasteiger partial charge >= 0.3 is 0 Å². The quantitative estimate of drug-likeness (QED) is 0.181. The van der Waals surface area contributed by atoms with E-state index >= 15 is 0 Å². The van der Waals surface area contributed by atoms with Crippen molar-refractivity contribution >= 4 is 49.6 Å². The van der Waals surface area contributed by atoms with Crippen LogP contribution in [0.1, 0.15) is 0 Å². The normalized spacial score (nSPS) is 11.3. The summed E-state index contributed by atoms with van der Waals surface area (Å²) in [6.07, 6.45) is 0. The third kappa shape index (κ3) is 4.74. The number of rotatable bonds is 6. The topological polar surface area (TPSA) is 8.17 Å². The van der Waals surface area contributed by atoms with Crippen molar-refractivity contribution in [3.63, 3.8) is 0 Å². The summed E-state index contributed by atoms with van der Waals surface area (Å²) in [6.45, 7) is 0. The Hall–Kier alpha value is -6.38. The van der Waals surface area contributed by atoms with E-state index in [2.05, 4.69) is 204 Å². The van der Waals surface area contributed by atoms with Crippen molar-refractivity contribution < 1.29 is 0 Å². The Morgan fingerprint density at radius 2 is 0.979 bits per heavy atom. The molecule has 0 aliphatic rings. The Labute approximate surface area is 280 Å². The van der Waals surface area contributed by atoms with Gasteiger partial charge in [-0.2, -0.15) is 0 Å². The van der Waals surface area contributed by atoms with Crippen molar-refractivity contribution in [2.75, 3.05) is 4.90 Å². The van der Waals surface area contributed by atoms with Gasteiger partial charge < -0.3 is 9.47 Å². The molecule has 0 atom stereocenters. The number of nitrogens with zero attached hydrogens (tertiary/aromatic N) is 2. The molecular formula is C46H32N2. The first-order valence-corrected chi connectivity index (χ1v) is 16.4. The fraction of sp³-hybridized carbons (Fsp3) is 0. The average molecular weight is 613 g/mol. The highest BCUT2D eigenvalue weighted by molar-refractivity contribution is 6.11. The predicted octanol–water partition coefficient (Wildman–Crippen LogP) is 12.7. The van der Waals surface area contributed by atoms with Crippen LogP contribution in [0.4, 0.5) is 17.1 Å². The Bertz CT molecular complexity index is 2560. The fourth-order valence-corrected chi connectivity index (χ4v) is 7.17. The predicted molar refractivity (Wildman–Crippen MR) is 204 cm³/mol. The molecule has 9 rings (SSSR count). The van der Waals surface area contributed by atoms with E-state index in [0.717, 1.165) is 22.7 Å². The number of benzene rings is 8. The molecule has 0 fully saturated rings. The highest BCUT2D eigenvalue weighted by atomic mass is 15.1. The Kier molecular flexibility index (Phi) is 6.84. The van der Waals surface area contributed by atoms with Gasteiger partial charge in [0.05, 0.1) is 22.4 Å². The molecule has 1 aromatic heterocycles. The molecule has 226 valence electrons. The molecule has 8 aromatic carbocycles. The van der Waals surface area contributed by atoms with E-state index in [0.29, 0.717) is 0 Å². The Morgan fingerprint density at radius 1 is 0.354 bits per heavy atom. The second-order valence-corrected chi connectivity index (χ2v) is 12.2. The molecule has 2 nitrogen and oxygen atoms in total. The summed E-state index contributed by atoms with van der Waals surface area (Å²) in [5.41, 5.74) is 11.7. The molecule has 0 saturated heterocycles. The van der Waals surface area contributed by atoms with Gasteiger partial charge in [0.25, 0.3) is 0 Å². The minimum atomic E-state index is 1.12. The molecule has 0 amide bonds. The van der Waals surface area contributed by atoms with Crippen LogP contribution < -0.4 is 4.90 Å². The molecule has 0 saturated carbocycles. The Balaban J connectivity index is 1.24. The van der Waals surface area contributed by atoms with Gasteiger partial charge in [-0.05, 0) is 76.7 Å². The zero-order valence-electron chi connectivity index (χ0n) is 26.4. The lowest BCUT2D eigenvalue weighted by Gasteiger charge is -2.29.